The molecule has 0 saturated carbocycles. The summed E-state index contributed by atoms with van der Waals surface area (Å²) in [7, 11) is 1.71. The number of hydrogen-bond donors (Lipinski definition) is 1. The number of allylic oxidation sites excluding steroid dienone is 4. The number of aliphatic hydroxyl groups is 1. The van der Waals surface area contributed by atoms with Crippen LogP contribution in [0.4, 0.5) is 0 Å². The maximum absolute atomic E-state index is 11.7. The first-order valence-corrected chi connectivity index (χ1v) is 8.03. The van der Waals surface area contributed by atoms with Gasteiger partial charge in [-0.1, -0.05) is 48.1 Å². The van der Waals surface area contributed by atoms with E-state index in [4.69, 9.17) is 4.74 Å². The molecular formula is C20H24O2. The van der Waals surface area contributed by atoms with Crippen molar-refractivity contribution in [2.45, 2.75) is 38.2 Å². The van der Waals surface area contributed by atoms with Gasteiger partial charge in [0.15, 0.2) is 0 Å². The molecule has 0 saturated heterocycles. The van der Waals surface area contributed by atoms with Gasteiger partial charge in [0.25, 0.3) is 0 Å². The largest absolute Gasteiger partial charge is 0.385 e. The van der Waals surface area contributed by atoms with Gasteiger partial charge in [-0.25, -0.2) is 0 Å². The lowest BCUT2D eigenvalue weighted by molar-refractivity contribution is 0.0559. The summed E-state index contributed by atoms with van der Waals surface area (Å²) in [6.07, 6.45) is 10.0. The Bertz CT molecular complexity index is 651. The van der Waals surface area contributed by atoms with Crippen LogP contribution in [-0.4, -0.2) is 18.8 Å². The van der Waals surface area contributed by atoms with Crippen LogP contribution in [-0.2, 0) is 16.8 Å². The van der Waals surface area contributed by atoms with E-state index in [1.54, 1.807) is 7.11 Å². The Morgan fingerprint density at radius 1 is 1.18 bits per heavy atom. The molecule has 0 bridgehead atoms. The van der Waals surface area contributed by atoms with Crippen molar-refractivity contribution in [3.05, 3.63) is 70.3 Å². The quantitative estimate of drug-likeness (QED) is 0.849. The van der Waals surface area contributed by atoms with Gasteiger partial charge in [-0.15, -0.1) is 0 Å². The Morgan fingerprint density at radius 3 is 2.82 bits per heavy atom. The van der Waals surface area contributed by atoms with Gasteiger partial charge in [-0.3, -0.25) is 0 Å². The highest BCUT2D eigenvalue weighted by Crippen LogP contribution is 2.44. The highest BCUT2D eigenvalue weighted by atomic mass is 16.5. The average Bonchev–Trinajstić information content (AvgIpc) is 2.64. The molecule has 1 unspecified atom stereocenters. The molecule has 0 aliphatic heterocycles. The van der Waals surface area contributed by atoms with Crippen molar-refractivity contribution in [1.82, 2.24) is 0 Å². The molecule has 0 spiro atoms. The molecule has 1 aromatic carbocycles. The Balaban J connectivity index is 2.10. The van der Waals surface area contributed by atoms with Crippen molar-refractivity contribution in [3.63, 3.8) is 0 Å². The zero-order valence-corrected chi connectivity index (χ0v) is 13.4. The van der Waals surface area contributed by atoms with Crippen LogP contribution >= 0.6 is 0 Å². The molecule has 22 heavy (non-hydrogen) atoms. The maximum Gasteiger partial charge on any atom is 0.115 e. The van der Waals surface area contributed by atoms with E-state index < -0.39 is 5.60 Å². The van der Waals surface area contributed by atoms with E-state index in [9.17, 15) is 5.11 Å². The topological polar surface area (TPSA) is 29.5 Å². The third-order valence-electron chi connectivity index (χ3n) is 4.73. The summed E-state index contributed by atoms with van der Waals surface area (Å²) in [6, 6.07) is 8.29. The molecule has 0 amide bonds. The van der Waals surface area contributed by atoms with Crippen LogP contribution in [0.3, 0.4) is 0 Å². The van der Waals surface area contributed by atoms with E-state index in [1.807, 2.05) is 6.07 Å². The van der Waals surface area contributed by atoms with Crippen LogP contribution in [0, 0.1) is 0 Å². The summed E-state index contributed by atoms with van der Waals surface area (Å²) in [4.78, 5) is 0. The lowest BCUT2D eigenvalue weighted by Gasteiger charge is -2.34. The predicted molar refractivity (Wildman–Crippen MR) is 89.7 cm³/mol. The van der Waals surface area contributed by atoms with E-state index in [0.29, 0.717) is 13.0 Å². The minimum absolute atomic E-state index is 0.672. The Labute approximate surface area is 132 Å². The molecule has 2 heteroatoms. The molecule has 1 atom stereocenters. The van der Waals surface area contributed by atoms with Crippen molar-refractivity contribution in [2.75, 3.05) is 13.7 Å². The second-order valence-electron chi connectivity index (χ2n) is 6.26. The van der Waals surface area contributed by atoms with Gasteiger partial charge >= 0.3 is 0 Å². The minimum atomic E-state index is -0.910. The zero-order valence-electron chi connectivity index (χ0n) is 13.4. The van der Waals surface area contributed by atoms with Crippen molar-refractivity contribution in [1.29, 1.82) is 0 Å². The number of ether oxygens (including phenoxy) is 1. The first-order valence-electron chi connectivity index (χ1n) is 8.03. The number of rotatable bonds is 4. The third-order valence-corrected chi connectivity index (χ3v) is 4.73. The van der Waals surface area contributed by atoms with E-state index in [0.717, 1.165) is 30.4 Å². The molecule has 1 N–H and O–H groups in total. The van der Waals surface area contributed by atoms with Gasteiger partial charge in [0.1, 0.15) is 5.60 Å². The van der Waals surface area contributed by atoms with Gasteiger partial charge in [0.05, 0.1) is 0 Å². The number of methoxy groups -OCH3 is 1. The summed E-state index contributed by atoms with van der Waals surface area (Å²) in [5.41, 5.74) is 4.95. The van der Waals surface area contributed by atoms with Crippen molar-refractivity contribution in [2.24, 2.45) is 0 Å². The molecule has 1 aromatic rings. The monoisotopic (exact) mass is 296 g/mol. The van der Waals surface area contributed by atoms with E-state index in [1.165, 1.54) is 16.7 Å². The summed E-state index contributed by atoms with van der Waals surface area (Å²) in [5, 5.41) is 11.7. The molecule has 0 fully saturated rings. The van der Waals surface area contributed by atoms with Crippen molar-refractivity contribution in [3.8, 4) is 0 Å². The zero-order chi connectivity index (χ0) is 15.6. The molecular weight excluding hydrogens is 272 g/mol. The first kappa shape index (κ1) is 15.3. The Kier molecular flexibility index (Phi) is 4.32. The van der Waals surface area contributed by atoms with Gasteiger partial charge in [0.2, 0.25) is 0 Å². The minimum Gasteiger partial charge on any atom is -0.385 e. The molecule has 2 nitrogen and oxygen atoms in total. The fourth-order valence-corrected chi connectivity index (χ4v) is 3.56. The predicted octanol–water partition coefficient (Wildman–Crippen LogP) is 4.06. The lowest BCUT2D eigenvalue weighted by Crippen LogP contribution is -2.31. The summed E-state index contributed by atoms with van der Waals surface area (Å²) >= 11 is 0. The second kappa shape index (κ2) is 6.23. The van der Waals surface area contributed by atoms with Crippen LogP contribution in [0.2, 0.25) is 0 Å². The molecule has 0 heterocycles. The maximum atomic E-state index is 11.7. The van der Waals surface area contributed by atoms with Gasteiger partial charge in [0, 0.05) is 13.7 Å². The Morgan fingerprint density at radius 2 is 2.00 bits per heavy atom. The van der Waals surface area contributed by atoms with Crippen LogP contribution in [0.25, 0.3) is 0 Å². The van der Waals surface area contributed by atoms with Crippen molar-refractivity contribution >= 4 is 0 Å². The summed E-state index contributed by atoms with van der Waals surface area (Å²) in [5.74, 6) is 0. The van der Waals surface area contributed by atoms with E-state index in [2.05, 4.69) is 43.4 Å². The summed E-state index contributed by atoms with van der Waals surface area (Å²) in [6.45, 7) is 2.78. The molecule has 2 aliphatic rings. The van der Waals surface area contributed by atoms with E-state index in [-0.39, 0.29) is 0 Å². The average molecular weight is 296 g/mol. The fourth-order valence-electron chi connectivity index (χ4n) is 3.56. The molecule has 116 valence electrons. The molecule has 0 aromatic heterocycles. The van der Waals surface area contributed by atoms with E-state index >= 15 is 0 Å². The number of fused-ring (bicyclic) bond motifs is 2. The number of benzene rings is 1. The lowest BCUT2D eigenvalue weighted by atomic mass is 9.76. The first-order chi connectivity index (χ1) is 10.6. The van der Waals surface area contributed by atoms with Gasteiger partial charge < -0.3 is 9.84 Å². The highest BCUT2D eigenvalue weighted by Gasteiger charge is 2.38. The fraction of sp³-hybridized carbons (Fsp3) is 0.400. The van der Waals surface area contributed by atoms with Crippen LogP contribution in [0.1, 0.15) is 37.3 Å². The van der Waals surface area contributed by atoms with Crippen LogP contribution in [0.15, 0.2) is 59.2 Å². The molecule has 0 radical (unpaired) electrons. The number of hydrogen-bond acceptors (Lipinski definition) is 2. The van der Waals surface area contributed by atoms with Crippen molar-refractivity contribution < 1.29 is 9.84 Å². The highest BCUT2D eigenvalue weighted by molar-refractivity contribution is 5.55. The van der Waals surface area contributed by atoms with Gasteiger partial charge in [-0.2, -0.15) is 0 Å². The second-order valence-corrected chi connectivity index (χ2v) is 6.26. The standard InChI is InChI=1S/C20H24O2/c1-15-8-9-17-11-10-16-6-3-4-7-18(16)20(21,19(17)14-15)12-5-13-22-2/h3-4,6-8,11,14,21H,5,9-10,12-13H2,1-2H3. The molecule has 2 aliphatic carbocycles. The smallest absolute Gasteiger partial charge is 0.115 e. The third kappa shape index (κ3) is 2.69. The normalized spacial score (nSPS) is 23.7. The Hall–Kier alpha value is -1.64. The van der Waals surface area contributed by atoms with Crippen LogP contribution < -0.4 is 0 Å². The summed E-state index contributed by atoms with van der Waals surface area (Å²) < 4.78 is 5.20. The van der Waals surface area contributed by atoms with Crippen LogP contribution in [0.5, 0.6) is 0 Å². The van der Waals surface area contributed by atoms with Gasteiger partial charge in [-0.05, 0) is 54.9 Å². The molecule has 3 rings (SSSR count). The SMILES string of the molecule is COCCCC1(O)C2=CC(C)=CCC2=CCc2ccccc21.